The summed E-state index contributed by atoms with van der Waals surface area (Å²) in [6, 6.07) is 4.24. The van der Waals surface area contributed by atoms with Crippen molar-refractivity contribution in [3.63, 3.8) is 0 Å². The van der Waals surface area contributed by atoms with Crippen molar-refractivity contribution in [3.8, 4) is 5.75 Å². The maximum absolute atomic E-state index is 6.14. The van der Waals surface area contributed by atoms with Crippen molar-refractivity contribution < 1.29 is 4.74 Å². The van der Waals surface area contributed by atoms with Crippen LogP contribution in [0.25, 0.3) is 0 Å². The van der Waals surface area contributed by atoms with E-state index in [1.165, 1.54) is 16.7 Å². The molecule has 0 aliphatic heterocycles. The number of ether oxygens (including phenoxy) is 1. The number of benzene rings is 1. The Morgan fingerprint density at radius 3 is 2.41 bits per heavy atom. The molecule has 0 aliphatic rings. The smallest absolute Gasteiger partial charge is 0.122 e. The number of methoxy groups -OCH3 is 1. The van der Waals surface area contributed by atoms with E-state index in [2.05, 4.69) is 32.9 Å². The molecule has 0 radical (unpaired) electrons. The van der Waals surface area contributed by atoms with Crippen LogP contribution in [0, 0.1) is 6.92 Å². The maximum atomic E-state index is 6.14. The van der Waals surface area contributed by atoms with Gasteiger partial charge in [0.1, 0.15) is 5.75 Å². The monoisotopic (exact) mass is 255 g/mol. The molecule has 2 nitrogen and oxygen atoms in total. The van der Waals surface area contributed by atoms with Crippen molar-refractivity contribution in [3.05, 3.63) is 28.8 Å². The Balaban J connectivity index is 3.19. The third-order valence-corrected chi connectivity index (χ3v) is 3.28. The molecule has 3 heteroatoms. The Morgan fingerprint density at radius 1 is 1.29 bits per heavy atom. The van der Waals surface area contributed by atoms with Crippen LogP contribution in [-0.4, -0.2) is 13.0 Å². The number of rotatable bonds is 5. The minimum atomic E-state index is 0.0101. The third kappa shape index (κ3) is 3.36. The number of halogens is 1. The van der Waals surface area contributed by atoms with Crippen molar-refractivity contribution in [2.75, 3.05) is 13.0 Å². The van der Waals surface area contributed by atoms with Gasteiger partial charge in [0.05, 0.1) is 7.11 Å². The summed E-state index contributed by atoms with van der Waals surface area (Å²) < 4.78 is 5.42. The molecular formula is C14H22ClNO. The first kappa shape index (κ1) is 14.3. The van der Waals surface area contributed by atoms with Crippen molar-refractivity contribution in [1.82, 2.24) is 0 Å². The van der Waals surface area contributed by atoms with E-state index in [1.54, 1.807) is 7.11 Å². The van der Waals surface area contributed by atoms with Gasteiger partial charge >= 0.3 is 0 Å². The molecule has 0 aliphatic carbocycles. The van der Waals surface area contributed by atoms with Crippen LogP contribution in [0.15, 0.2) is 12.1 Å². The molecule has 2 N–H and O–H groups in total. The van der Waals surface area contributed by atoms with Crippen LogP contribution in [0.4, 0.5) is 0 Å². The maximum Gasteiger partial charge on any atom is 0.122 e. The predicted molar refractivity (Wildman–Crippen MR) is 74.1 cm³/mol. The zero-order valence-corrected chi connectivity index (χ0v) is 11.8. The van der Waals surface area contributed by atoms with Gasteiger partial charge < -0.3 is 10.5 Å². The number of alkyl halides is 1. The van der Waals surface area contributed by atoms with E-state index in [0.29, 0.717) is 11.8 Å². The summed E-state index contributed by atoms with van der Waals surface area (Å²) in [6.45, 7) is 6.38. The lowest BCUT2D eigenvalue weighted by atomic mass is 9.92. The van der Waals surface area contributed by atoms with Gasteiger partial charge in [0.25, 0.3) is 0 Å². The summed E-state index contributed by atoms with van der Waals surface area (Å²) in [5.74, 6) is 1.95. The quantitative estimate of drug-likeness (QED) is 0.814. The topological polar surface area (TPSA) is 35.2 Å². The Kier molecular flexibility index (Phi) is 5.29. The van der Waals surface area contributed by atoms with Gasteiger partial charge in [0.15, 0.2) is 0 Å². The van der Waals surface area contributed by atoms with Gasteiger partial charge in [-0.2, -0.15) is 0 Å². The minimum Gasteiger partial charge on any atom is -0.496 e. The Bertz CT molecular complexity index is 377. The Labute approximate surface area is 109 Å². The first-order valence-electron chi connectivity index (χ1n) is 6.01. The predicted octanol–water partition coefficient (Wildman–Crippen LogP) is 3.76. The van der Waals surface area contributed by atoms with Crippen LogP contribution in [0.3, 0.4) is 0 Å². The van der Waals surface area contributed by atoms with Crippen LogP contribution in [0.2, 0.25) is 0 Å². The van der Waals surface area contributed by atoms with Crippen molar-refractivity contribution in [2.24, 2.45) is 5.73 Å². The van der Waals surface area contributed by atoms with Gasteiger partial charge in [-0.25, -0.2) is 0 Å². The van der Waals surface area contributed by atoms with Crippen molar-refractivity contribution in [1.29, 1.82) is 0 Å². The first-order valence-corrected chi connectivity index (χ1v) is 6.54. The number of nitrogens with two attached hydrogens (primary N) is 1. The lowest BCUT2D eigenvalue weighted by Gasteiger charge is -2.19. The van der Waals surface area contributed by atoms with Gasteiger partial charge in [0, 0.05) is 11.9 Å². The molecule has 0 bridgehead atoms. The molecule has 1 rings (SSSR count). The molecule has 1 aromatic carbocycles. The SMILES string of the molecule is COc1cc(C)c(C(N)CCCl)cc1C(C)C. The van der Waals surface area contributed by atoms with Crippen LogP contribution >= 0.6 is 11.6 Å². The zero-order chi connectivity index (χ0) is 13.0. The summed E-state index contributed by atoms with van der Waals surface area (Å²) >= 11 is 5.75. The van der Waals surface area contributed by atoms with Crippen LogP contribution in [-0.2, 0) is 0 Å². The standard InChI is InChI=1S/C14H22ClNO/c1-9(2)11-8-12(13(16)5-6-15)10(3)7-14(11)17-4/h7-9,13H,5-6,16H2,1-4H3. The van der Waals surface area contributed by atoms with Crippen molar-refractivity contribution >= 4 is 11.6 Å². The summed E-state index contributed by atoms with van der Waals surface area (Å²) in [6.07, 6.45) is 0.798. The highest BCUT2D eigenvalue weighted by Crippen LogP contribution is 2.32. The summed E-state index contributed by atoms with van der Waals surface area (Å²) in [4.78, 5) is 0. The van der Waals surface area contributed by atoms with Crippen LogP contribution < -0.4 is 10.5 Å². The second-order valence-electron chi connectivity index (χ2n) is 4.69. The van der Waals surface area contributed by atoms with E-state index in [4.69, 9.17) is 22.1 Å². The Morgan fingerprint density at radius 2 is 1.94 bits per heavy atom. The van der Waals surface area contributed by atoms with E-state index in [0.717, 1.165) is 12.2 Å². The second kappa shape index (κ2) is 6.27. The van der Waals surface area contributed by atoms with Gasteiger partial charge in [-0.05, 0) is 42.0 Å². The molecule has 0 fully saturated rings. The third-order valence-electron chi connectivity index (χ3n) is 3.06. The van der Waals surface area contributed by atoms with E-state index in [1.807, 2.05) is 0 Å². The summed E-state index contributed by atoms with van der Waals surface area (Å²) in [7, 11) is 1.71. The average molecular weight is 256 g/mol. The Hall–Kier alpha value is -0.730. The lowest BCUT2D eigenvalue weighted by Crippen LogP contribution is -2.13. The fraction of sp³-hybridized carbons (Fsp3) is 0.571. The highest BCUT2D eigenvalue weighted by molar-refractivity contribution is 6.17. The fourth-order valence-electron chi connectivity index (χ4n) is 2.02. The van der Waals surface area contributed by atoms with E-state index in [-0.39, 0.29) is 6.04 Å². The van der Waals surface area contributed by atoms with E-state index < -0.39 is 0 Å². The molecule has 0 saturated carbocycles. The molecule has 0 saturated heterocycles. The number of hydrogen-bond acceptors (Lipinski definition) is 2. The normalized spacial score (nSPS) is 12.9. The second-order valence-corrected chi connectivity index (χ2v) is 5.07. The summed E-state index contributed by atoms with van der Waals surface area (Å²) in [5, 5.41) is 0. The van der Waals surface area contributed by atoms with Crippen LogP contribution in [0.1, 0.15) is 48.9 Å². The van der Waals surface area contributed by atoms with Gasteiger partial charge in [-0.15, -0.1) is 11.6 Å². The number of hydrogen-bond donors (Lipinski definition) is 1. The zero-order valence-electron chi connectivity index (χ0n) is 11.1. The minimum absolute atomic E-state index is 0.0101. The largest absolute Gasteiger partial charge is 0.496 e. The molecule has 0 aromatic heterocycles. The fourth-order valence-corrected chi connectivity index (χ4v) is 2.25. The van der Waals surface area contributed by atoms with Gasteiger partial charge in [-0.3, -0.25) is 0 Å². The number of aryl methyl sites for hydroxylation is 1. The molecule has 0 spiro atoms. The average Bonchev–Trinajstić information content (AvgIpc) is 2.28. The van der Waals surface area contributed by atoms with E-state index in [9.17, 15) is 0 Å². The highest BCUT2D eigenvalue weighted by Gasteiger charge is 2.15. The molecule has 1 aromatic rings. The molecule has 1 unspecified atom stereocenters. The first-order chi connectivity index (χ1) is 8.01. The molecule has 0 amide bonds. The molecule has 1 atom stereocenters. The van der Waals surface area contributed by atoms with Crippen molar-refractivity contribution in [2.45, 2.75) is 39.2 Å². The lowest BCUT2D eigenvalue weighted by molar-refractivity contribution is 0.406. The molecule has 96 valence electrons. The van der Waals surface area contributed by atoms with Gasteiger partial charge in [0.2, 0.25) is 0 Å². The highest BCUT2D eigenvalue weighted by atomic mass is 35.5. The molecular weight excluding hydrogens is 234 g/mol. The molecule has 0 heterocycles. The van der Waals surface area contributed by atoms with Gasteiger partial charge in [-0.1, -0.05) is 19.9 Å². The molecule has 17 heavy (non-hydrogen) atoms. The van der Waals surface area contributed by atoms with E-state index >= 15 is 0 Å². The summed E-state index contributed by atoms with van der Waals surface area (Å²) in [5.41, 5.74) is 9.69. The van der Waals surface area contributed by atoms with Crippen LogP contribution in [0.5, 0.6) is 5.75 Å².